The van der Waals surface area contributed by atoms with Crippen molar-refractivity contribution in [1.29, 1.82) is 0 Å². The van der Waals surface area contributed by atoms with Gasteiger partial charge in [-0.15, -0.1) is 0 Å². The lowest BCUT2D eigenvalue weighted by molar-refractivity contribution is 0.0698. The summed E-state index contributed by atoms with van der Waals surface area (Å²) < 4.78 is 2.37. The van der Waals surface area contributed by atoms with E-state index in [0.717, 1.165) is 0 Å². The van der Waals surface area contributed by atoms with Crippen molar-refractivity contribution in [2.45, 2.75) is 0 Å². The fraction of sp³-hybridized carbons (Fsp3) is 0. The molecule has 0 amide bonds. The average Bonchev–Trinajstić information content (AvgIpc) is 2.39. The molecule has 0 radical (unpaired) electrons. The van der Waals surface area contributed by atoms with Gasteiger partial charge in [-0.3, -0.25) is 0 Å². The molecule has 0 aliphatic rings. The number of aromatic carboxylic acids is 1. The zero-order valence-electron chi connectivity index (χ0n) is 6.57. The molecular formula is C9H6BrNO2. The molecule has 0 aliphatic heterocycles. The molecule has 2 heterocycles. The van der Waals surface area contributed by atoms with Crippen LogP contribution in [0.25, 0.3) is 5.52 Å². The summed E-state index contributed by atoms with van der Waals surface area (Å²) in [7, 11) is 0. The van der Waals surface area contributed by atoms with Gasteiger partial charge in [-0.1, -0.05) is 6.07 Å². The van der Waals surface area contributed by atoms with Gasteiger partial charge in [0.1, 0.15) is 0 Å². The van der Waals surface area contributed by atoms with Gasteiger partial charge in [-0.05, 0) is 28.1 Å². The fourth-order valence-electron chi connectivity index (χ4n) is 1.30. The van der Waals surface area contributed by atoms with Crippen LogP contribution in [0.5, 0.6) is 0 Å². The molecule has 13 heavy (non-hydrogen) atoms. The van der Waals surface area contributed by atoms with Crippen LogP contribution in [0.1, 0.15) is 10.4 Å². The Kier molecular flexibility index (Phi) is 1.84. The number of halogens is 1. The van der Waals surface area contributed by atoms with Crippen LogP contribution in [-0.4, -0.2) is 15.5 Å². The summed E-state index contributed by atoms with van der Waals surface area (Å²) in [5.74, 6) is -0.916. The van der Waals surface area contributed by atoms with E-state index in [9.17, 15) is 4.79 Å². The van der Waals surface area contributed by atoms with E-state index in [1.807, 2.05) is 18.3 Å². The predicted octanol–water partition coefficient (Wildman–Crippen LogP) is 2.40. The van der Waals surface area contributed by atoms with E-state index >= 15 is 0 Å². The third-order valence-electron chi connectivity index (χ3n) is 1.85. The minimum Gasteiger partial charge on any atom is -0.478 e. The maximum Gasteiger partial charge on any atom is 0.339 e. The standard InChI is InChI=1S/C9H6BrNO2/c10-6-5-11-4-2-1-3-7(11)8(6)9(12)13/h1-5H,(H,12,13). The van der Waals surface area contributed by atoms with Gasteiger partial charge in [0, 0.05) is 12.4 Å². The first-order chi connectivity index (χ1) is 6.20. The molecule has 2 rings (SSSR count). The van der Waals surface area contributed by atoms with Gasteiger partial charge in [-0.25, -0.2) is 4.79 Å². The smallest absolute Gasteiger partial charge is 0.339 e. The summed E-state index contributed by atoms with van der Waals surface area (Å²) in [6.45, 7) is 0. The third kappa shape index (κ3) is 1.23. The summed E-state index contributed by atoms with van der Waals surface area (Å²) in [5.41, 5.74) is 1.00. The number of rotatable bonds is 1. The number of carboxylic acids is 1. The number of nitrogens with zero attached hydrogens (tertiary/aromatic N) is 1. The summed E-state index contributed by atoms with van der Waals surface area (Å²) >= 11 is 3.21. The Morgan fingerprint density at radius 3 is 2.92 bits per heavy atom. The maximum atomic E-state index is 10.9. The molecule has 0 saturated carbocycles. The molecule has 3 nitrogen and oxygen atoms in total. The minimum atomic E-state index is -0.916. The molecule has 66 valence electrons. The van der Waals surface area contributed by atoms with Crippen molar-refractivity contribution < 1.29 is 9.90 Å². The van der Waals surface area contributed by atoms with Gasteiger partial charge in [0.05, 0.1) is 15.6 Å². The van der Waals surface area contributed by atoms with E-state index < -0.39 is 5.97 Å². The third-order valence-corrected chi connectivity index (χ3v) is 2.45. The number of aromatic nitrogens is 1. The second-order valence-corrected chi connectivity index (χ2v) is 3.50. The van der Waals surface area contributed by atoms with Crippen molar-refractivity contribution >= 4 is 27.4 Å². The number of carboxylic acid groups (broad SMARTS) is 1. The van der Waals surface area contributed by atoms with Gasteiger partial charge in [0.25, 0.3) is 0 Å². The number of hydrogen-bond acceptors (Lipinski definition) is 1. The number of carbonyl (C=O) groups is 1. The first kappa shape index (κ1) is 8.31. The Bertz CT molecular complexity index is 475. The maximum absolute atomic E-state index is 10.9. The van der Waals surface area contributed by atoms with Gasteiger partial charge in [-0.2, -0.15) is 0 Å². The van der Waals surface area contributed by atoms with Gasteiger partial charge in [0.15, 0.2) is 0 Å². The van der Waals surface area contributed by atoms with Gasteiger partial charge >= 0.3 is 5.97 Å². The number of pyridine rings is 1. The highest BCUT2D eigenvalue weighted by atomic mass is 79.9. The van der Waals surface area contributed by atoms with Crippen molar-refractivity contribution in [2.75, 3.05) is 0 Å². The van der Waals surface area contributed by atoms with Crippen LogP contribution >= 0.6 is 15.9 Å². The summed E-state index contributed by atoms with van der Waals surface area (Å²) in [6.07, 6.45) is 3.55. The molecule has 1 N–H and O–H groups in total. The van der Waals surface area contributed by atoms with Crippen molar-refractivity contribution in [1.82, 2.24) is 4.40 Å². The van der Waals surface area contributed by atoms with Crippen molar-refractivity contribution in [2.24, 2.45) is 0 Å². The minimum absolute atomic E-state index is 0.306. The van der Waals surface area contributed by atoms with Crippen molar-refractivity contribution in [3.05, 3.63) is 40.6 Å². The molecule has 2 aromatic heterocycles. The monoisotopic (exact) mass is 239 g/mol. The fourth-order valence-corrected chi connectivity index (χ4v) is 1.89. The Morgan fingerprint density at radius 2 is 2.23 bits per heavy atom. The Balaban J connectivity index is 2.86. The van der Waals surface area contributed by atoms with Crippen LogP contribution in [0.15, 0.2) is 35.1 Å². The molecule has 0 aliphatic carbocycles. The Labute approximate surface area is 82.7 Å². The molecule has 0 fully saturated rings. The number of hydrogen-bond donors (Lipinski definition) is 1. The molecule has 0 atom stereocenters. The molecule has 0 saturated heterocycles. The van der Waals surface area contributed by atoms with E-state index in [0.29, 0.717) is 15.6 Å². The van der Waals surface area contributed by atoms with E-state index in [1.165, 1.54) is 0 Å². The van der Waals surface area contributed by atoms with E-state index in [4.69, 9.17) is 5.11 Å². The zero-order valence-corrected chi connectivity index (χ0v) is 8.15. The highest BCUT2D eigenvalue weighted by molar-refractivity contribution is 9.10. The van der Waals surface area contributed by atoms with Crippen LogP contribution in [0.3, 0.4) is 0 Å². The lowest BCUT2D eigenvalue weighted by Crippen LogP contribution is -1.95. The topological polar surface area (TPSA) is 41.7 Å². The Morgan fingerprint density at radius 1 is 1.46 bits per heavy atom. The summed E-state index contributed by atoms with van der Waals surface area (Å²) in [4.78, 5) is 10.9. The largest absolute Gasteiger partial charge is 0.478 e. The molecule has 0 aromatic carbocycles. The van der Waals surface area contributed by atoms with Crippen LogP contribution in [-0.2, 0) is 0 Å². The lowest BCUT2D eigenvalue weighted by atomic mass is 10.2. The van der Waals surface area contributed by atoms with Crippen molar-refractivity contribution in [3.8, 4) is 0 Å². The Hall–Kier alpha value is -1.29. The lowest BCUT2D eigenvalue weighted by Gasteiger charge is -1.93. The summed E-state index contributed by atoms with van der Waals surface area (Å²) in [5, 5.41) is 8.91. The predicted molar refractivity (Wildman–Crippen MR) is 52.1 cm³/mol. The second kappa shape index (κ2) is 2.88. The highest BCUT2D eigenvalue weighted by Gasteiger charge is 2.14. The van der Waals surface area contributed by atoms with Crippen LogP contribution in [0.4, 0.5) is 0 Å². The molecule has 0 bridgehead atoms. The van der Waals surface area contributed by atoms with Gasteiger partial charge < -0.3 is 9.51 Å². The molecule has 0 spiro atoms. The first-order valence-corrected chi connectivity index (χ1v) is 4.48. The average molecular weight is 240 g/mol. The molecule has 0 unspecified atom stereocenters. The van der Waals surface area contributed by atoms with E-state index in [-0.39, 0.29) is 0 Å². The van der Waals surface area contributed by atoms with Crippen LogP contribution in [0.2, 0.25) is 0 Å². The van der Waals surface area contributed by atoms with Crippen molar-refractivity contribution in [3.63, 3.8) is 0 Å². The normalized spacial score (nSPS) is 10.5. The van der Waals surface area contributed by atoms with E-state index in [1.54, 1.807) is 16.7 Å². The van der Waals surface area contributed by atoms with Crippen LogP contribution in [0, 0.1) is 0 Å². The first-order valence-electron chi connectivity index (χ1n) is 3.68. The zero-order chi connectivity index (χ0) is 9.42. The second-order valence-electron chi connectivity index (χ2n) is 2.65. The molecular weight excluding hydrogens is 234 g/mol. The van der Waals surface area contributed by atoms with Gasteiger partial charge in [0.2, 0.25) is 0 Å². The molecule has 4 heteroatoms. The van der Waals surface area contributed by atoms with E-state index in [2.05, 4.69) is 15.9 Å². The number of fused-ring (bicyclic) bond motifs is 1. The van der Waals surface area contributed by atoms with Crippen LogP contribution < -0.4 is 0 Å². The molecule has 2 aromatic rings. The summed E-state index contributed by atoms with van der Waals surface area (Å²) in [6, 6.07) is 5.44. The highest BCUT2D eigenvalue weighted by Crippen LogP contribution is 2.23. The quantitative estimate of drug-likeness (QED) is 0.831. The SMILES string of the molecule is O=C(O)c1c(Br)cn2ccccc12.